The molecule has 0 aromatic heterocycles. The van der Waals surface area contributed by atoms with Gasteiger partial charge < -0.3 is 28.5 Å². The monoisotopic (exact) mass is 889 g/mol. The highest BCUT2D eigenvalue weighted by molar-refractivity contribution is 5.71. The molecule has 0 radical (unpaired) electrons. The molecule has 0 heterocycles. The van der Waals surface area contributed by atoms with Gasteiger partial charge in [0.05, 0.1) is 34.4 Å². The van der Waals surface area contributed by atoms with Crippen molar-refractivity contribution in [2.24, 2.45) is 0 Å². The first kappa shape index (κ1) is 60.2. The predicted octanol–water partition coefficient (Wildman–Crippen LogP) is 14.3. The molecule has 0 aliphatic rings. The maximum atomic E-state index is 12.8. The summed E-state index contributed by atoms with van der Waals surface area (Å²) in [5.41, 5.74) is 0. The van der Waals surface area contributed by atoms with E-state index in [0.29, 0.717) is 23.9 Å². The molecule has 0 aliphatic heterocycles. The Morgan fingerprint density at radius 2 is 0.905 bits per heavy atom. The fourth-order valence-electron chi connectivity index (χ4n) is 7.08. The number of carbonyl (C=O) groups is 3. The van der Waals surface area contributed by atoms with Gasteiger partial charge in [-0.3, -0.25) is 9.59 Å². The van der Waals surface area contributed by atoms with Crippen molar-refractivity contribution in [3.05, 3.63) is 48.6 Å². The van der Waals surface area contributed by atoms with Gasteiger partial charge in [-0.15, -0.1) is 0 Å². The molecule has 366 valence electrons. The van der Waals surface area contributed by atoms with Gasteiger partial charge in [0, 0.05) is 12.8 Å². The Morgan fingerprint density at radius 1 is 0.492 bits per heavy atom. The van der Waals surface area contributed by atoms with Gasteiger partial charge in [0.15, 0.2) is 6.10 Å². The summed E-state index contributed by atoms with van der Waals surface area (Å²) in [6.45, 7) is 4.75. The van der Waals surface area contributed by atoms with E-state index in [9.17, 15) is 19.5 Å². The third kappa shape index (κ3) is 47.0. The van der Waals surface area contributed by atoms with E-state index in [4.69, 9.17) is 18.9 Å². The number of ether oxygens (including phenoxy) is 4. The number of carboxylic acid groups (broad SMARTS) is 1. The van der Waals surface area contributed by atoms with Crippen molar-refractivity contribution in [2.75, 3.05) is 47.5 Å². The van der Waals surface area contributed by atoms with Crippen LogP contribution in [-0.2, 0) is 33.3 Å². The van der Waals surface area contributed by atoms with Gasteiger partial charge in [-0.1, -0.05) is 184 Å². The summed E-state index contributed by atoms with van der Waals surface area (Å²) >= 11 is 0. The van der Waals surface area contributed by atoms with E-state index in [1.165, 1.54) is 116 Å². The van der Waals surface area contributed by atoms with Crippen LogP contribution in [0.1, 0.15) is 219 Å². The molecule has 2 unspecified atom stereocenters. The normalized spacial score (nSPS) is 13.2. The summed E-state index contributed by atoms with van der Waals surface area (Å²) in [5, 5.41) is 9.66. The lowest BCUT2D eigenvalue weighted by atomic mass is 10.0. The predicted molar refractivity (Wildman–Crippen MR) is 263 cm³/mol. The van der Waals surface area contributed by atoms with E-state index in [0.717, 1.165) is 70.6 Å². The molecule has 2 atom stereocenters. The SMILES string of the molecule is CC/C=C\C/C=C\C/C=C\CCCCCCCC(=O)OC(COC(=O)CCCCCCCCCCCCC/C=C\CCCCCCCCCC)COC(OCC[N+](C)(C)C)C(=O)O. The molecule has 0 amide bonds. The maximum absolute atomic E-state index is 12.8. The second-order valence-electron chi connectivity index (χ2n) is 18.4. The molecule has 0 fully saturated rings. The molecule has 0 aromatic rings. The van der Waals surface area contributed by atoms with Gasteiger partial charge in [-0.2, -0.15) is 0 Å². The molecular formula is C54H98NO8+. The van der Waals surface area contributed by atoms with Crippen LogP contribution in [0.4, 0.5) is 0 Å². The summed E-state index contributed by atoms with van der Waals surface area (Å²) in [5.74, 6) is -2.03. The molecule has 1 N–H and O–H groups in total. The number of unbranched alkanes of at least 4 members (excludes halogenated alkanes) is 24. The minimum atomic E-state index is -1.51. The molecule has 0 spiro atoms. The first-order chi connectivity index (χ1) is 30.6. The van der Waals surface area contributed by atoms with Crippen LogP contribution in [-0.4, -0.2) is 87.4 Å². The Labute approximate surface area is 387 Å². The molecule has 0 saturated heterocycles. The zero-order chi connectivity index (χ0) is 46.3. The second kappa shape index (κ2) is 45.8. The lowest BCUT2D eigenvalue weighted by Gasteiger charge is -2.25. The highest BCUT2D eigenvalue weighted by atomic mass is 16.7. The van der Waals surface area contributed by atoms with Crippen LogP contribution in [0.3, 0.4) is 0 Å². The van der Waals surface area contributed by atoms with Crippen molar-refractivity contribution < 1.29 is 42.9 Å². The quantitative estimate of drug-likeness (QED) is 0.0212. The lowest BCUT2D eigenvalue weighted by molar-refractivity contribution is -0.870. The van der Waals surface area contributed by atoms with Gasteiger partial charge in [0.25, 0.3) is 6.29 Å². The molecular weight excluding hydrogens is 791 g/mol. The molecule has 9 nitrogen and oxygen atoms in total. The van der Waals surface area contributed by atoms with Gasteiger partial charge in [-0.05, 0) is 70.6 Å². The first-order valence-electron chi connectivity index (χ1n) is 25.8. The zero-order valence-corrected chi connectivity index (χ0v) is 41.5. The van der Waals surface area contributed by atoms with Gasteiger partial charge in [-0.25, -0.2) is 4.79 Å². The minimum absolute atomic E-state index is 0.183. The third-order valence-corrected chi connectivity index (χ3v) is 11.1. The van der Waals surface area contributed by atoms with Crippen LogP contribution < -0.4 is 0 Å². The van der Waals surface area contributed by atoms with Crippen LogP contribution in [0, 0.1) is 0 Å². The number of allylic oxidation sites excluding steroid dienone is 8. The third-order valence-electron chi connectivity index (χ3n) is 11.1. The van der Waals surface area contributed by atoms with Gasteiger partial charge in [0.2, 0.25) is 0 Å². The average molecular weight is 889 g/mol. The van der Waals surface area contributed by atoms with Gasteiger partial charge in [0.1, 0.15) is 13.2 Å². The van der Waals surface area contributed by atoms with Gasteiger partial charge >= 0.3 is 17.9 Å². The summed E-state index contributed by atoms with van der Waals surface area (Å²) < 4.78 is 22.8. The largest absolute Gasteiger partial charge is 0.477 e. The van der Waals surface area contributed by atoms with Crippen LogP contribution in [0.25, 0.3) is 0 Å². The summed E-state index contributed by atoms with van der Waals surface area (Å²) in [7, 11) is 5.95. The van der Waals surface area contributed by atoms with Crippen LogP contribution >= 0.6 is 0 Å². The molecule has 0 rings (SSSR count). The number of hydrogen-bond donors (Lipinski definition) is 1. The second-order valence-corrected chi connectivity index (χ2v) is 18.4. The fraction of sp³-hybridized carbons (Fsp3) is 0.796. The van der Waals surface area contributed by atoms with Crippen LogP contribution in [0.15, 0.2) is 48.6 Å². The van der Waals surface area contributed by atoms with Crippen molar-refractivity contribution in [3.8, 4) is 0 Å². The van der Waals surface area contributed by atoms with E-state index < -0.39 is 24.3 Å². The Balaban J connectivity index is 4.29. The van der Waals surface area contributed by atoms with E-state index in [-0.39, 0.29) is 32.2 Å². The number of likely N-dealkylation sites (N-methyl/N-ethyl adjacent to an activating group) is 1. The molecule has 9 heteroatoms. The summed E-state index contributed by atoms with van der Waals surface area (Å²) in [6, 6.07) is 0. The van der Waals surface area contributed by atoms with Crippen molar-refractivity contribution in [1.29, 1.82) is 0 Å². The highest BCUT2D eigenvalue weighted by Gasteiger charge is 2.25. The number of aliphatic carboxylic acids is 1. The Hall–Kier alpha value is -2.75. The zero-order valence-electron chi connectivity index (χ0n) is 41.5. The number of rotatable bonds is 47. The average Bonchev–Trinajstić information content (AvgIpc) is 3.24. The summed E-state index contributed by atoms with van der Waals surface area (Å²) in [4.78, 5) is 37.2. The topological polar surface area (TPSA) is 108 Å². The lowest BCUT2D eigenvalue weighted by Crippen LogP contribution is -2.40. The number of esters is 2. The maximum Gasteiger partial charge on any atom is 0.361 e. The molecule has 0 saturated carbocycles. The number of carbonyl (C=O) groups excluding carboxylic acids is 2. The number of carboxylic acids is 1. The Kier molecular flexibility index (Phi) is 43.8. The van der Waals surface area contributed by atoms with Crippen molar-refractivity contribution in [1.82, 2.24) is 0 Å². The van der Waals surface area contributed by atoms with Crippen LogP contribution in [0.2, 0.25) is 0 Å². The summed E-state index contributed by atoms with van der Waals surface area (Å²) in [6.07, 6.45) is 51.8. The first-order valence-corrected chi connectivity index (χ1v) is 25.8. The van der Waals surface area contributed by atoms with E-state index in [1.54, 1.807) is 0 Å². The Bertz CT molecular complexity index is 1170. The number of hydrogen-bond acceptors (Lipinski definition) is 7. The minimum Gasteiger partial charge on any atom is -0.477 e. The smallest absolute Gasteiger partial charge is 0.361 e. The standard InChI is InChI=1S/C54H97NO8/c1-6-8-10-12-14-16-18-20-22-23-24-25-26-27-28-29-31-32-34-36-38-40-42-44-51(56)61-48-50(49-62-54(53(58)59)60-47-46-55(3,4)5)63-52(57)45-43-41-39-37-35-33-30-21-19-17-15-13-11-9-7-2/h9,11,15,17,21,23-24,30,50,54H,6-8,10,12-14,16,18-20,22,25-29,31-49H2,1-5H3/p+1/b11-9-,17-15-,24-23-,30-21-. The van der Waals surface area contributed by atoms with Crippen LogP contribution in [0.5, 0.6) is 0 Å². The number of quaternary nitrogens is 1. The molecule has 63 heavy (non-hydrogen) atoms. The highest BCUT2D eigenvalue weighted by Crippen LogP contribution is 2.15. The number of nitrogens with zero attached hydrogens (tertiary/aromatic N) is 1. The molecule has 0 bridgehead atoms. The molecule has 0 aliphatic carbocycles. The Morgan fingerprint density at radius 3 is 1.37 bits per heavy atom. The van der Waals surface area contributed by atoms with E-state index in [2.05, 4.69) is 62.5 Å². The van der Waals surface area contributed by atoms with Crippen molar-refractivity contribution in [3.63, 3.8) is 0 Å². The van der Waals surface area contributed by atoms with Crippen molar-refractivity contribution >= 4 is 17.9 Å². The molecule has 0 aromatic carbocycles. The van der Waals surface area contributed by atoms with E-state index in [1.807, 2.05) is 21.1 Å². The van der Waals surface area contributed by atoms with E-state index >= 15 is 0 Å². The fourth-order valence-corrected chi connectivity index (χ4v) is 7.08. The van der Waals surface area contributed by atoms with Crippen molar-refractivity contribution in [2.45, 2.75) is 232 Å².